The number of halogens is 1. The van der Waals surface area contributed by atoms with E-state index in [4.69, 9.17) is 4.74 Å². The molecule has 0 saturated heterocycles. The molecule has 0 aliphatic heterocycles. The average Bonchev–Trinajstić information content (AvgIpc) is 2.36. The molecule has 0 saturated carbocycles. The Morgan fingerprint density at radius 1 is 1.21 bits per heavy atom. The fraction of sp³-hybridized carbons (Fsp3) is 0.571. The van der Waals surface area contributed by atoms with Crippen molar-refractivity contribution in [3.05, 3.63) is 28.8 Å². The molecule has 1 aromatic rings. The maximum absolute atomic E-state index is 11.4. The van der Waals surface area contributed by atoms with E-state index in [9.17, 15) is 8.42 Å². The first-order chi connectivity index (χ1) is 8.89. The predicted molar refractivity (Wildman–Crippen MR) is 83.0 cm³/mol. The lowest BCUT2D eigenvalue weighted by Crippen LogP contribution is -2.12. The van der Waals surface area contributed by atoms with Crippen molar-refractivity contribution in [3.63, 3.8) is 0 Å². The lowest BCUT2D eigenvalue weighted by atomic mass is 10.1. The molecule has 3 nitrogen and oxygen atoms in total. The molecular formula is C14H21BrO3S. The zero-order valence-corrected chi connectivity index (χ0v) is 14.1. The van der Waals surface area contributed by atoms with Crippen molar-refractivity contribution in [3.8, 4) is 5.75 Å². The van der Waals surface area contributed by atoms with Gasteiger partial charge in [0.1, 0.15) is 15.6 Å². The van der Waals surface area contributed by atoms with Crippen LogP contribution in [0.2, 0.25) is 0 Å². The Kier molecular flexibility index (Phi) is 6.33. The molecule has 0 spiro atoms. The van der Waals surface area contributed by atoms with Crippen LogP contribution in [-0.2, 0) is 15.2 Å². The van der Waals surface area contributed by atoms with Gasteiger partial charge in [0, 0.05) is 11.1 Å². The maximum atomic E-state index is 11.4. The minimum atomic E-state index is -2.89. The summed E-state index contributed by atoms with van der Waals surface area (Å²) in [5.41, 5.74) is 3.40. The van der Waals surface area contributed by atoms with Crippen LogP contribution in [0.25, 0.3) is 0 Å². The predicted octanol–water partition coefficient (Wildman–Crippen LogP) is 3.40. The third-order valence-electron chi connectivity index (χ3n) is 2.96. The molecule has 19 heavy (non-hydrogen) atoms. The van der Waals surface area contributed by atoms with Gasteiger partial charge in [0.05, 0.1) is 12.4 Å². The number of alkyl halides is 1. The van der Waals surface area contributed by atoms with Crippen molar-refractivity contribution >= 4 is 25.8 Å². The minimum absolute atomic E-state index is 0.196. The largest absolute Gasteiger partial charge is 0.493 e. The highest BCUT2D eigenvalue weighted by Crippen LogP contribution is 2.25. The molecule has 1 aromatic carbocycles. The molecule has 0 aliphatic rings. The average molecular weight is 349 g/mol. The lowest BCUT2D eigenvalue weighted by Gasteiger charge is -2.13. The summed E-state index contributed by atoms with van der Waals surface area (Å²) in [5.74, 6) is 1.27. The van der Waals surface area contributed by atoms with Gasteiger partial charge in [0.15, 0.2) is 0 Å². The van der Waals surface area contributed by atoms with E-state index in [0.717, 1.165) is 22.2 Å². The van der Waals surface area contributed by atoms with E-state index in [-0.39, 0.29) is 11.5 Å². The lowest BCUT2D eigenvalue weighted by molar-refractivity contribution is 0.313. The number of hydrogen-bond donors (Lipinski definition) is 0. The van der Waals surface area contributed by atoms with Gasteiger partial charge in [-0.05, 0) is 37.0 Å². The summed E-state index contributed by atoms with van der Waals surface area (Å²) < 4.78 is 28.5. The Morgan fingerprint density at radius 3 is 2.26 bits per heavy atom. The molecule has 0 N–H and O–H groups in total. The molecule has 0 radical (unpaired) electrons. The minimum Gasteiger partial charge on any atom is -0.493 e. The van der Waals surface area contributed by atoms with E-state index in [0.29, 0.717) is 13.0 Å². The number of aryl methyl sites for hydroxylation is 2. The Hall–Kier alpha value is -0.550. The second kappa shape index (κ2) is 7.29. The first-order valence-corrected chi connectivity index (χ1v) is 9.33. The first kappa shape index (κ1) is 16.5. The number of ether oxygens (including phenoxy) is 1. The quantitative estimate of drug-likeness (QED) is 0.560. The van der Waals surface area contributed by atoms with Gasteiger partial charge in [-0.1, -0.05) is 35.0 Å². The van der Waals surface area contributed by atoms with Crippen LogP contribution in [0.4, 0.5) is 0 Å². The molecule has 0 atom stereocenters. The molecule has 1 rings (SSSR count). The van der Waals surface area contributed by atoms with Crippen LogP contribution in [0, 0.1) is 13.8 Å². The van der Waals surface area contributed by atoms with E-state index in [1.165, 1.54) is 5.56 Å². The van der Waals surface area contributed by atoms with Crippen molar-refractivity contribution in [1.29, 1.82) is 0 Å². The van der Waals surface area contributed by atoms with Crippen molar-refractivity contribution in [2.75, 3.05) is 18.1 Å². The molecular weight excluding hydrogens is 328 g/mol. The summed E-state index contributed by atoms with van der Waals surface area (Å²) in [7, 11) is -2.89. The smallest absolute Gasteiger partial charge is 0.150 e. The van der Waals surface area contributed by atoms with Gasteiger partial charge in [-0.25, -0.2) is 8.42 Å². The van der Waals surface area contributed by atoms with Crippen LogP contribution in [-0.4, -0.2) is 26.5 Å². The van der Waals surface area contributed by atoms with Crippen molar-refractivity contribution in [1.82, 2.24) is 0 Å². The Morgan fingerprint density at radius 2 is 1.79 bits per heavy atom. The van der Waals surface area contributed by atoms with Crippen LogP contribution < -0.4 is 4.74 Å². The van der Waals surface area contributed by atoms with Gasteiger partial charge in [-0.3, -0.25) is 0 Å². The fourth-order valence-corrected chi connectivity index (χ4v) is 3.11. The van der Waals surface area contributed by atoms with Gasteiger partial charge in [0.25, 0.3) is 0 Å². The van der Waals surface area contributed by atoms with Crippen LogP contribution >= 0.6 is 15.9 Å². The summed E-state index contributed by atoms with van der Waals surface area (Å²) in [5, 5.41) is 0.823. The van der Waals surface area contributed by atoms with E-state index in [1.807, 2.05) is 13.8 Å². The number of hydrogen-bond acceptors (Lipinski definition) is 3. The number of sulfone groups is 1. The second-order valence-electron chi connectivity index (χ2n) is 4.63. The SMILES string of the molecule is CCS(=O)(=O)CCCOc1c(C)cc(CBr)cc1C. The Balaban J connectivity index is 2.59. The van der Waals surface area contributed by atoms with Crippen molar-refractivity contribution in [2.45, 2.75) is 32.5 Å². The Labute approximate surface area is 124 Å². The summed E-state index contributed by atoms with van der Waals surface area (Å²) in [4.78, 5) is 0. The summed E-state index contributed by atoms with van der Waals surface area (Å²) in [6.45, 7) is 6.13. The molecule has 108 valence electrons. The van der Waals surface area contributed by atoms with Crippen molar-refractivity contribution < 1.29 is 13.2 Å². The zero-order chi connectivity index (χ0) is 14.5. The van der Waals surface area contributed by atoms with Gasteiger partial charge in [0.2, 0.25) is 0 Å². The van der Waals surface area contributed by atoms with Crippen LogP contribution in [0.3, 0.4) is 0 Å². The van der Waals surface area contributed by atoms with Crippen LogP contribution in [0.1, 0.15) is 30.0 Å². The molecule has 0 aliphatic carbocycles. The maximum Gasteiger partial charge on any atom is 0.150 e. The summed E-state index contributed by atoms with van der Waals surface area (Å²) >= 11 is 3.44. The van der Waals surface area contributed by atoms with E-state index in [1.54, 1.807) is 6.92 Å². The molecule has 0 aromatic heterocycles. The molecule has 0 bridgehead atoms. The molecule has 0 fully saturated rings. The van der Waals surface area contributed by atoms with Crippen LogP contribution in [0.5, 0.6) is 5.75 Å². The molecule has 0 unspecified atom stereocenters. The summed E-state index contributed by atoms with van der Waals surface area (Å²) in [6, 6.07) is 4.17. The fourth-order valence-electron chi connectivity index (χ4n) is 1.94. The van der Waals surface area contributed by atoms with Gasteiger partial charge in [-0.2, -0.15) is 0 Å². The van der Waals surface area contributed by atoms with Gasteiger partial charge in [-0.15, -0.1) is 0 Å². The third-order valence-corrected chi connectivity index (χ3v) is 5.40. The van der Waals surface area contributed by atoms with Gasteiger partial charge >= 0.3 is 0 Å². The normalized spacial score (nSPS) is 11.6. The highest BCUT2D eigenvalue weighted by molar-refractivity contribution is 9.08. The monoisotopic (exact) mass is 348 g/mol. The van der Waals surface area contributed by atoms with Crippen LogP contribution in [0.15, 0.2) is 12.1 Å². The van der Waals surface area contributed by atoms with E-state index < -0.39 is 9.84 Å². The number of benzene rings is 1. The van der Waals surface area contributed by atoms with Crippen molar-refractivity contribution in [2.24, 2.45) is 0 Å². The Bertz CT molecular complexity index is 500. The van der Waals surface area contributed by atoms with Gasteiger partial charge < -0.3 is 4.74 Å². The third kappa shape index (κ3) is 5.15. The van der Waals surface area contributed by atoms with E-state index >= 15 is 0 Å². The highest BCUT2D eigenvalue weighted by atomic mass is 79.9. The number of rotatable bonds is 7. The molecule has 0 heterocycles. The second-order valence-corrected chi connectivity index (χ2v) is 7.66. The topological polar surface area (TPSA) is 43.4 Å². The highest BCUT2D eigenvalue weighted by Gasteiger charge is 2.09. The zero-order valence-electron chi connectivity index (χ0n) is 11.7. The first-order valence-electron chi connectivity index (χ1n) is 6.39. The molecule has 0 amide bonds. The standard InChI is InChI=1S/C14H21BrO3S/c1-4-19(16,17)7-5-6-18-14-11(2)8-13(10-15)9-12(14)3/h8-9H,4-7,10H2,1-3H3. The van der Waals surface area contributed by atoms with E-state index in [2.05, 4.69) is 28.1 Å². The molecule has 5 heteroatoms. The summed E-state index contributed by atoms with van der Waals surface area (Å²) in [6.07, 6.45) is 0.537.